The first-order valence-electron chi connectivity index (χ1n) is 11.4. The van der Waals surface area contributed by atoms with Crippen LogP contribution >= 0.6 is 11.8 Å². The molecule has 4 nitrogen and oxygen atoms in total. The second-order valence-electron chi connectivity index (χ2n) is 8.78. The van der Waals surface area contributed by atoms with Crippen molar-refractivity contribution in [2.24, 2.45) is 0 Å². The Morgan fingerprint density at radius 1 is 0.912 bits per heavy atom. The van der Waals surface area contributed by atoms with E-state index >= 15 is 0 Å². The van der Waals surface area contributed by atoms with Gasteiger partial charge < -0.3 is 5.32 Å². The topological polar surface area (TPSA) is 49.4 Å². The van der Waals surface area contributed by atoms with Gasteiger partial charge in [-0.1, -0.05) is 74.5 Å². The molecule has 0 bridgehead atoms. The normalized spacial score (nSPS) is 15.8. The van der Waals surface area contributed by atoms with Crippen LogP contribution in [-0.2, 0) is 4.79 Å². The number of fused-ring (bicyclic) bond motifs is 1. The molecule has 0 spiro atoms. The van der Waals surface area contributed by atoms with Crippen LogP contribution in [0.15, 0.2) is 91.0 Å². The monoisotopic (exact) mass is 466 g/mol. The highest BCUT2D eigenvalue weighted by Gasteiger charge is 2.34. The van der Waals surface area contributed by atoms with Gasteiger partial charge >= 0.3 is 0 Å². The molecule has 34 heavy (non-hydrogen) atoms. The minimum atomic E-state index is -0.137. The molecule has 0 saturated carbocycles. The average molecular weight is 467 g/mol. The molecule has 1 unspecified atom stereocenters. The molecule has 5 heteroatoms. The predicted molar refractivity (Wildman–Crippen MR) is 142 cm³/mol. The highest BCUT2D eigenvalue weighted by atomic mass is 32.2. The molecule has 4 aromatic carbocycles. The molecular weight excluding hydrogens is 440 g/mol. The van der Waals surface area contributed by atoms with Crippen molar-refractivity contribution in [3.63, 3.8) is 0 Å². The summed E-state index contributed by atoms with van der Waals surface area (Å²) in [5.41, 5.74) is 4.58. The Hall–Kier alpha value is -3.57. The zero-order chi connectivity index (χ0) is 23.7. The molecule has 0 aromatic heterocycles. The summed E-state index contributed by atoms with van der Waals surface area (Å²) in [6.45, 7) is 4.32. The number of hydrogen-bond donors (Lipinski definition) is 1. The molecule has 1 aliphatic heterocycles. The number of carbonyl (C=O) groups is 2. The van der Waals surface area contributed by atoms with E-state index in [0.29, 0.717) is 17.2 Å². The Labute approximate surface area is 204 Å². The molecule has 0 radical (unpaired) electrons. The highest BCUT2D eigenvalue weighted by Crippen LogP contribution is 2.42. The molecule has 1 atom stereocenters. The molecule has 5 rings (SSSR count). The Bertz CT molecular complexity index is 1340. The zero-order valence-electron chi connectivity index (χ0n) is 19.2. The number of amides is 2. The fourth-order valence-corrected chi connectivity index (χ4v) is 5.50. The maximum Gasteiger partial charge on any atom is 0.256 e. The minimum Gasteiger partial charge on any atom is -0.322 e. The molecule has 170 valence electrons. The Kier molecular flexibility index (Phi) is 6.12. The third-order valence-corrected chi connectivity index (χ3v) is 7.41. The largest absolute Gasteiger partial charge is 0.322 e. The predicted octanol–water partition coefficient (Wildman–Crippen LogP) is 6.99. The van der Waals surface area contributed by atoms with Crippen LogP contribution in [0.4, 0.5) is 11.4 Å². The summed E-state index contributed by atoms with van der Waals surface area (Å²) in [5.74, 6) is 0.878. The number of nitrogens with one attached hydrogen (secondary N) is 1. The molecule has 2 amide bonds. The van der Waals surface area contributed by atoms with E-state index in [-0.39, 0.29) is 17.2 Å². The van der Waals surface area contributed by atoms with E-state index in [4.69, 9.17) is 0 Å². The van der Waals surface area contributed by atoms with Crippen molar-refractivity contribution in [3.8, 4) is 0 Å². The zero-order valence-corrected chi connectivity index (χ0v) is 20.0. The van der Waals surface area contributed by atoms with Crippen molar-refractivity contribution in [2.45, 2.75) is 25.1 Å². The number of benzene rings is 4. The number of nitrogens with zero attached hydrogens (tertiary/aromatic N) is 1. The quantitative estimate of drug-likeness (QED) is 0.345. The van der Waals surface area contributed by atoms with Gasteiger partial charge in [-0.2, -0.15) is 0 Å². The van der Waals surface area contributed by atoms with Crippen LogP contribution in [0.3, 0.4) is 0 Å². The number of anilines is 2. The van der Waals surface area contributed by atoms with Gasteiger partial charge in [0.15, 0.2) is 0 Å². The Balaban J connectivity index is 1.35. The summed E-state index contributed by atoms with van der Waals surface area (Å²) in [6, 6.07) is 29.7. The third kappa shape index (κ3) is 4.31. The van der Waals surface area contributed by atoms with E-state index in [1.54, 1.807) is 11.8 Å². The van der Waals surface area contributed by atoms with Crippen LogP contribution in [0.2, 0.25) is 0 Å². The van der Waals surface area contributed by atoms with Crippen LogP contribution < -0.4 is 10.2 Å². The van der Waals surface area contributed by atoms with E-state index in [9.17, 15) is 9.59 Å². The molecule has 0 aliphatic carbocycles. The van der Waals surface area contributed by atoms with Crippen molar-refractivity contribution in [1.82, 2.24) is 0 Å². The van der Waals surface area contributed by atoms with E-state index in [1.807, 2.05) is 83.8 Å². The van der Waals surface area contributed by atoms with Crippen molar-refractivity contribution in [3.05, 3.63) is 108 Å². The van der Waals surface area contributed by atoms with E-state index < -0.39 is 0 Å². The fourth-order valence-electron chi connectivity index (χ4n) is 4.32. The summed E-state index contributed by atoms with van der Waals surface area (Å²) >= 11 is 1.62. The number of hydrogen-bond acceptors (Lipinski definition) is 3. The SMILES string of the molecule is CC(C)c1ccc(N2C(=O)CSC2c2ccc(NC(=O)c3cccc4ccccc34)cc2)cc1. The lowest BCUT2D eigenvalue weighted by atomic mass is 10.0. The van der Waals surface area contributed by atoms with Crippen LogP contribution in [0.25, 0.3) is 10.8 Å². The minimum absolute atomic E-state index is 0.0831. The lowest BCUT2D eigenvalue weighted by Crippen LogP contribution is -2.27. The molecule has 1 N–H and O–H groups in total. The van der Waals surface area contributed by atoms with Gasteiger partial charge in [0.05, 0.1) is 5.75 Å². The van der Waals surface area contributed by atoms with Crippen LogP contribution in [0, 0.1) is 0 Å². The van der Waals surface area contributed by atoms with Gasteiger partial charge in [-0.05, 0) is 58.1 Å². The molecule has 1 aliphatic rings. The summed E-state index contributed by atoms with van der Waals surface area (Å²) in [4.78, 5) is 27.5. The first-order valence-corrected chi connectivity index (χ1v) is 12.5. The molecule has 1 heterocycles. The van der Waals surface area contributed by atoms with Gasteiger partial charge in [0.2, 0.25) is 5.91 Å². The van der Waals surface area contributed by atoms with E-state index in [1.165, 1.54) is 5.56 Å². The number of rotatable bonds is 5. The second kappa shape index (κ2) is 9.35. The molecule has 4 aromatic rings. The van der Waals surface area contributed by atoms with Gasteiger partial charge in [0.25, 0.3) is 5.91 Å². The van der Waals surface area contributed by atoms with Crippen LogP contribution in [-0.4, -0.2) is 17.6 Å². The van der Waals surface area contributed by atoms with Gasteiger partial charge in [-0.15, -0.1) is 11.8 Å². The maximum atomic E-state index is 13.0. The lowest BCUT2D eigenvalue weighted by molar-refractivity contribution is -0.115. The Morgan fingerprint density at radius 2 is 1.62 bits per heavy atom. The van der Waals surface area contributed by atoms with Gasteiger partial charge in [0.1, 0.15) is 5.37 Å². The molecular formula is C29H26N2O2S. The van der Waals surface area contributed by atoms with Gasteiger partial charge in [-0.25, -0.2) is 0 Å². The Morgan fingerprint density at radius 3 is 2.35 bits per heavy atom. The number of carbonyl (C=O) groups excluding carboxylic acids is 2. The standard InChI is InChI=1S/C29H26N2O2S/c1-19(2)20-12-16-24(17-13-20)31-27(32)18-34-29(31)22-10-14-23(15-11-22)30-28(33)26-9-5-7-21-6-3-4-8-25(21)26/h3-17,19,29H,18H2,1-2H3,(H,30,33). The smallest absolute Gasteiger partial charge is 0.256 e. The first kappa shape index (κ1) is 22.2. The summed E-state index contributed by atoms with van der Waals surface area (Å²) in [6.07, 6.45) is 0. The van der Waals surface area contributed by atoms with Crippen LogP contribution in [0.1, 0.15) is 46.6 Å². The highest BCUT2D eigenvalue weighted by molar-refractivity contribution is 8.00. The molecule has 1 saturated heterocycles. The number of thioether (sulfide) groups is 1. The average Bonchev–Trinajstić information content (AvgIpc) is 3.25. The van der Waals surface area contributed by atoms with Gasteiger partial charge in [-0.3, -0.25) is 14.5 Å². The van der Waals surface area contributed by atoms with Crippen molar-refractivity contribution in [2.75, 3.05) is 16.0 Å². The summed E-state index contributed by atoms with van der Waals surface area (Å²) in [7, 11) is 0. The lowest BCUT2D eigenvalue weighted by Gasteiger charge is -2.25. The van der Waals surface area contributed by atoms with Crippen molar-refractivity contribution < 1.29 is 9.59 Å². The van der Waals surface area contributed by atoms with E-state index in [0.717, 1.165) is 27.7 Å². The maximum absolute atomic E-state index is 13.0. The van der Waals surface area contributed by atoms with Crippen molar-refractivity contribution in [1.29, 1.82) is 0 Å². The molecule has 1 fully saturated rings. The summed E-state index contributed by atoms with van der Waals surface area (Å²) in [5, 5.41) is 4.89. The first-order chi connectivity index (χ1) is 16.5. The fraction of sp³-hybridized carbons (Fsp3) is 0.172. The van der Waals surface area contributed by atoms with Gasteiger partial charge in [0, 0.05) is 16.9 Å². The van der Waals surface area contributed by atoms with E-state index in [2.05, 4.69) is 31.3 Å². The van der Waals surface area contributed by atoms with Crippen molar-refractivity contribution >= 4 is 45.7 Å². The third-order valence-electron chi connectivity index (χ3n) is 6.19. The summed E-state index contributed by atoms with van der Waals surface area (Å²) < 4.78 is 0. The second-order valence-corrected chi connectivity index (χ2v) is 9.84. The van der Waals surface area contributed by atoms with Crippen LogP contribution in [0.5, 0.6) is 0 Å².